The number of nitrogens with one attached hydrogen (secondary N) is 1. The lowest BCUT2D eigenvalue weighted by Crippen LogP contribution is -2.55. The Labute approximate surface area is 127 Å². The van der Waals surface area contributed by atoms with Gasteiger partial charge in [0, 0.05) is 36.7 Å². The molecule has 0 aromatic rings. The van der Waals surface area contributed by atoms with Crippen LogP contribution in [-0.4, -0.2) is 67.3 Å². The van der Waals surface area contributed by atoms with Crippen molar-refractivity contribution in [2.45, 2.75) is 38.0 Å². The van der Waals surface area contributed by atoms with Crippen molar-refractivity contribution in [2.75, 3.05) is 39.0 Å². The molecule has 0 spiro atoms. The molecule has 0 saturated carbocycles. The molecule has 3 atom stereocenters. The molecule has 7 heteroatoms. The van der Waals surface area contributed by atoms with Gasteiger partial charge in [-0.05, 0) is 39.3 Å². The number of hydrogen-bond acceptors (Lipinski definition) is 4. The van der Waals surface area contributed by atoms with Crippen LogP contribution in [0.2, 0.25) is 0 Å². The van der Waals surface area contributed by atoms with E-state index in [9.17, 15) is 8.42 Å². The molecule has 2 saturated heterocycles. The maximum atomic E-state index is 12.9. The smallest absolute Gasteiger partial charge is 0.282 e. The van der Waals surface area contributed by atoms with E-state index in [2.05, 4.69) is 12.2 Å². The van der Waals surface area contributed by atoms with E-state index in [1.165, 1.54) is 0 Å². The average Bonchev–Trinajstić information content (AvgIpc) is 2.42. The Balaban J connectivity index is 2.09. The van der Waals surface area contributed by atoms with Crippen LogP contribution in [0.4, 0.5) is 0 Å². The van der Waals surface area contributed by atoms with Crippen molar-refractivity contribution in [3.8, 4) is 0 Å². The lowest BCUT2D eigenvalue weighted by Gasteiger charge is -2.41. The first-order chi connectivity index (χ1) is 9.46. The van der Waals surface area contributed by atoms with Gasteiger partial charge in [0.1, 0.15) is 0 Å². The molecule has 0 aromatic heterocycles. The Bertz CT molecular complexity index is 414. The molecule has 118 valence electrons. The maximum Gasteiger partial charge on any atom is 0.282 e. The molecule has 2 heterocycles. The van der Waals surface area contributed by atoms with Crippen molar-refractivity contribution in [2.24, 2.45) is 5.92 Å². The van der Waals surface area contributed by atoms with Crippen LogP contribution in [0.5, 0.6) is 0 Å². The second-order valence-electron chi connectivity index (χ2n) is 5.86. The highest BCUT2D eigenvalue weighted by atomic mass is 32.2. The van der Waals surface area contributed by atoms with E-state index >= 15 is 0 Å². The summed E-state index contributed by atoms with van der Waals surface area (Å²) in [4.78, 5) is 0. The molecular formula is C13H27N3O2S2. The van der Waals surface area contributed by atoms with E-state index in [4.69, 9.17) is 0 Å². The number of rotatable bonds is 4. The van der Waals surface area contributed by atoms with E-state index < -0.39 is 10.2 Å². The molecule has 20 heavy (non-hydrogen) atoms. The molecule has 3 unspecified atom stereocenters. The number of thioether (sulfide) groups is 1. The highest BCUT2D eigenvalue weighted by molar-refractivity contribution is 8.00. The fraction of sp³-hybridized carbons (Fsp3) is 1.00. The molecule has 0 aromatic carbocycles. The molecule has 0 radical (unpaired) electrons. The summed E-state index contributed by atoms with van der Waals surface area (Å²) in [5.41, 5.74) is 0. The number of piperidine rings is 1. The van der Waals surface area contributed by atoms with Crippen molar-refractivity contribution in [1.82, 2.24) is 13.9 Å². The van der Waals surface area contributed by atoms with E-state index in [-0.39, 0.29) is 6.04 Å². The van der Waals surface area contributed by atoms with Crippen LogP contribution < -0.4 is 5.32 Å². The number of nitrogens with zero attached hydrogens (tertiary/aromatic N) is 2. The lowest BCUT2D eigenvalue weighted by atomic mass is 10.00. The van der Waals surface area contributed by atoms with Crippen molar-refractivity contribution in [1.29, 1.82) is 0 Å². The molecule has 0 bridgehead atoms. The zero-order valence-electron chi connectivity index (χ0n) is 12.7. The first kappa shape index (κ1) is 16.5. The van der Waals surface area contributed by atoms with Gasteiger partial charge >= 0.3 is 0 Å². The summed E-state index contributed by atoms with van der Waals surface area (Å²) < 4.78 is 29.2. The fourth-order valence-electron chi connectivity index (χ4n) is 3.07. The summed E-state index contributed by atoms with van der Waals surface area (Å²) in [6.45, 7) is 7.03. The molecular weight excluding hydrogens is 294 g/mol. The van der Waals surface area contributed by atoms with Crippen molar-refractivity contribution >= 4 is 22.0 Å². The first-order valence-corrected chi connectivity index (χ1v) is 9.94. The SMILES string of the molecule is CNCC1CCCN(S(=O)(=O)N2CCSC(C)C2C)C1. The Kier molecular flexibility index (Phi) is 5.76. The Morgan fingerprint density at radius 1 is 1.30 bits per heavy atom. The Hall–Kier alpha value is 0.180. The highest BCUT2D eigenvalue weighted by Gasteiger charge is 2.39. The maximum absolute atomic E-state index is 12.9. The van der Waals surface area contributed by atoms with E-state index in [1.54, 1.807) is 8.61 Å². The van der Waals surface area contributed by atoms with Gasteiger partial charge in [-0.3, -0.25) is 0 Å². The number of hydrogen-bond donors (Lipinski definition) is 1. The van der Waals surface area contributed by atoms with Gasteiger partial charge in [-0.2, -0.15) is 28.8 Å². The normalized spacial score (nSPS) is 34.2. The van der Waals surface area contributed by atoms with Gasteiger partial charge in [-0.25, -0.2) is 0 Å². The Morgan fingerprint density at radius 2 is 2.05 bits per heavy atom. The minimum Gasteiger partial charge on any atom is -0.319 e. The van der Waals surface area contributed by atoms with Crippen LogP contribution >= 0.6 is 11.8 Å². The van der Waals surface area contributed by atoms with Gasteiger partial charge in [-0.15, -0.1) is 0 Å². The standard InChI is InChI=1S/C13H27N3O2S2/c1-11-12(2)19-8-7-16(11)20(17,18)15-6-4-5-13(10-15)9-14-3/h11-14H,4-10H2,1-3H3. The fourth-order valence-corrected chi connectivity index (χ4v) is 6.34. The van der Waals surface area contributed by atoms with Crippen LogP contribution in [0, 0.1) is 5.92 Å². The summed E-state index contributed by atoms with van der Waals surface area (Å²) in [7, 11) is -1.36. The molecule has 2 aliphatic rings. The molecule has 2 rings (SSSR count). The minimum absolute atomic E-state index is 0.0865. The monoisotopic (exact) mass is 321 g/mol. The third-order valence-corrected chi connectivity index (χ3v) is 7.85. The molecule has 2 aliphatic heterocycles. The van der Waals surface area contributed by atoms with E-state index in [0.29, 0.717) is 30.8 Å². The highest BCUT2D eigenvalue weighted by Crippen LogP contribution is 2.29. The van der Waals surface area contributed by atoms with Crippen LogP contribution in [-0.2, 0) is 10.2 Å². The molecule has 1 N–H and O–H groups in total. The zero-order chi connectivity index (χ0) is 14.8. The predicted octanol–water partition coefficient (Wildman–Crippen LogP) is 0.988. The molecule has 0 amide bonds. The van der Waals surface area contributed by atoms with Crippen molar-refractivity contribution in [3.63, 3.8) is 0 Å². The Morgan fingerprint density at radius 3 is 2.75 bits per heavy atom. The first-order valence-electron chi connectivity index (χ1n) is 7.50. The van der Waals surface area contributed by atoms with Crippen LogP contribution in [0.15, 0.2) is 0 Å². The zero-order valence-corrected chi connectivity index (χ0v) is 14.3. The summed E-state index contributed by atoms with van der Waals surface area (Å²) in [6.07, 6.45) is 2.09. The van der Waals surface area contributed by atoms with Crippen LogP contribution in [0.25, 0.3) is 0 Å². The summed E-state index contributed by atoms with van der Waals surface area (Å²) in [6, 6.07) is 0.0865. The summed E-state index contributed by atoms with van der Waals surface area (Å²) in [5, 5.41) is 3.54. The van der Waals surface area contributed by atoms with Gasteiger partial charge in [0.15, 0.2) is 0 Å². The van der Waals surface area contributed by atoms with Crippen molar-refractivity contribution in [3.05, 3.63) is 0 Å². The summed E-state index contributed by atoms with van der Waals surface area (Å²) >= 11 is 1.87. The lowest BCUT2D eigenvalue weighted by molar-refractivity contribution is 0.233. The van der Waals surface area contributed by atoms with Gasteiger partial charge in [-0.1, -0.05) is 6.92 Å². The van der Waals surface area contributed by atoms with Crippen LogP contribution in [0.3, 0.4) is 0 Å². The van der Waals surface area contributed by atoms with E-state index in [1.807, 2.05) is 25.7 Å². The largest absolute Gasteiger partial charge is 0.319 e. The van der Waals surface area contributed by atoms with Gasteiger partial charge in [0.25, 0.3) is 10.2 Å². The van der Waals surface area contributed by atoms with Gasteiger partial charge in [0.2, 0.25) is 0 Å². The topological polar surface area (TPSA) is 52.7 Å². The molecule has 2 fully saturated rings. The third-order valence-electron chi connectivity index (χ3n) is 4.42. The molecule has 0 aliphatic carbocycles. The quantitative estimate of drug-likeness (QED) is 0.839. The summed E-state index contributed by atoms with van der Waals surface area (Å²) in [5.74, 6) is 1.34. The van der Waals surface area contributed by atoms with Gasteiger partial charge in [0.05, 0.1) is 0 Å². The van der Waals surface area contributed by atoms with Crippen LogP contribution in [0.1, 0.15) is 26.7 Å². The average molecular weight is 322 g/mol. The van der Waals surface area contributed by atoms with Crippen molar-refractivity contribution < 1.29 is 8.42 Å². The van der Waals surface area contributed by atoms with Gasteiger partial charge < -0.3 is 5.32 Å². The molecule has 5 nitrogen and oxygen atoms in total. The second kappa shape index (κ2) is 6.96. The minimum atomic E-state index is -3.29. The second-order valence-corrected chi connectivity index (χ2v) is 9.23. The van der Waals surface area contributed by atoms with E-state index in [0.717, 1.165) is 25.1 Å². The third kappa shape index (κ3) is 3.50. The predicted molar refractivity (Wildman–Crippen MR) is 85.2 cm³/mol.